The van der Waals surface area contributed by atoms with E-state index in [-0.39, 0.29) is 5.91 Å². The fourth-order valence-electron chi connectivity index (χ4n) is 1.56. The van der Waals surface area contributed by atoms with Crippen LogP contribution in [0.4, 0.5) is 5.82 Å². The van der Waals surface area contributed by atoms with E-state index in [0.29, 0.717) is 17.9 Å². The van der Waals surface area contributed by atoms with E-state index < -0.39 is 0 Å². The summed E-state index contributed by atoms with van der Waals surface area (Å²) in [5.41, 5.74) is 8.04. The number of nitrogens with two attached hydrogens (primary N) is 1. The van der Waals surface area contributed by atoms with E-state index in [1.54, 1.807) is 12.3 Å². The van der Waals surface area contributed by atoms with Crippen LogP contribution in [0.3, 0.4) is 0 Å². The van der Waals surface area contributed by atoms with E-state index >= 15 is 0 Å². The normalized spacial score (nSPS) is 10.3. The number of halogens is 1. The summed E-state index contributed by atoms with van der Waals surface area (Å²) < 4.78 is 0.808. The highest BCUT2D eigenvalue weighted by Crippen LogP contribution is 2.21. The molecule has 0 aliphatic carbocycles. The van der Waals surface area contributed by atoms with Gasteiger partial charge in [-0.3, -0.25) is 9.89 Å². The number of amides is 1. The average molecular weight is 309 g/mol. The largest absolute Gasteiger partial charge is 0.384 e. The quantitative estimate of drug-likeness (QED) is 0.811. The summed E-state index contributed by atoms with van der Waals surface area (Å²) in [5, 5.41) is 9.21. The van der Waals surface area contributed by atoms with Gasteiger partial charge in [-0.1, -0.05) is 12.1 Å². The Labute approximate surface area is 113 Å². The lowest BCUT2D eigenvalue weighted by Crippen LogP contribution is -2.23. The first-order chi connectivity index (χ1) is 8.59. The van der Waals surface area contributed by atoms with Crippen LogP contribution in [0.15, 0.2) is 28.9 Å². The Bertz CT molecular complexity index is 579. The van der Waals surface area contributed by atoms with Gasteiger partial charge in [0.1, 0.15) is 5.82 Å². The lowest BCUT2D eigenvalue weighted by atomic mass is 10.1. The molecule has 0 bridgehead atoms. The van der Waals surface area contributed by atoms with Crippen molar-refractivity contribution in [2.45, 2.75) is 13.5 Å². The molecule has 2 aromatic rings. The highest BCUT2D eigenvalue weighted by Gasteiger charge is 2.11. The number of nitrogens with zero attached hydrogens (tertiary/aromatic N) is 1. The van der Waals surface area contributed by atoms with Crippen LogP contribution in [-0.2, 0) is 6.54 Å². The van der Waals surface area contributed by atoms with Gasteiger partial charge in [0, 0.05) is 16.6 Å². The van der Waals surface area contributed by atoms with Crippen LogP contribution in [0.25, 0.3) is 0 Å². The highest BCUT2D eigenvalue weighted by molar-refractivity contribution is 9.10. The zero-order valence-electron chi connectivity index (χ0n) is 9.83. The standard InChI is InChI=1S/C12H13BrN4O/c1-7-3-2-4-9(10(7)13)12(18)15-5-8-6-16-17-11(8)14/h2-4,6H,5H2,1H3,(H,15,18)(H3,14,16,17). The maximum Gasteiger partial charge on any atom is 0.252 e. The molecule has 5 nitrogen and oxygen atoms in total. The van der Waals surface area contributed by atoms with Crippen molar-refractivity contribution in [2.75, 3.05) is 5.73 Å². The summed E-state index contributed by atoms with van der Waals surface area (Å²) in [6.45, 7) is 2.29. The average Bonchev–Trinajstić information content (AvgIpc) is 2.75. The van der Waals surface area contributed by atoms with Crippen molar-refractivity contribution in [3.8, 4) is 0 Å². The van der Waals surface area contributed by atoms with Gasteiger partial charge >= 0.3 is 0 Å². The Hall–Kier alpha value is -1.82. The van der Waals surface area contributed by atoms with Gasteiger partial charge in [0.05, 0.1) is 11.8 Å². The molecule has 6 heteroatoms. The third kappa shape index (κ3) is 2.53. The molecule has 0 saturated heterocycles. The molecule has 0 unspecified atom stereocenters. The number of aromatic amines is 1. The Morgan fingerprint density at radius 3 is 3.00 bits per heavy atom. The fourth-order valence-corrected chi connectivity index (χ4v) is 2.00. The second kappa shape index (κ2) is 5.22. The van der Waals surface area contributed by atoms with Crippen LogP contribution in [0.5, 0.6) is 0 Å². The molecular weight excluding hydrogens is 296 g/mol. The predicted molar refractivity (Wildman–Crippen MR) is 73.0 cm³/mol. The van der Waals surface area contributed by atoms with Crippen LogP contribution in [0, 0.1) is 6.92 Å². The molecule has 0 aliphatic heterocycles. The van der Waals surface area contributed by atoms with Gasteiger partial charge in [0.25, 0.3) is 5.91 Å². The number of benzene rings is 1. The monoisotopic (exact) mass is 308 g/mol. The Balaban J connectivity index is 2.09. The lowest BCUT2D eigenvalue weighted by Gasteiger charge is -2.07. The van der Waals surface area contributed by atoms with Crippen molar-refractivity contribution in [1.29, 1.82) is 0 Å². The second-order valence-electron chi connectivity index (χ2n) is 3.93. The first-order valence-electron chi connectivity index (χ1n) is 5.40. The molecule has 0 atom stereocenters. The number of aromatic nitrogens is 2. The molecule has 18 heavy (non-hydrogen) atoms. The fraction of sp³-hybridized carbons (Fsp3) is 0.167. The SMILES string of the molecule is Cc1cccc(C(=O)NCc2cn[nH]c2N)c1Br. The molecule has 1 heterocycles. The number of carbonyl (C=O) groups is 1. The summed E-state index contributed by atoms with van der Waals surface area (Å²) in [4.78, 5) is 12.0. The van der Waals surface area contributed by atoms with Crippen LogP contribution in [0.2, 0.25) is 0 Å². The molecule has 0 aliphatic rings. The van der Waals surface area contributed by atoms with Gasteiger partial charge < -0.3 is 11.1 Å². The summed E-state index contributed by atoms with van der Waals surface area (Å²) in [6, 6.07) is 5.56. The van der Waals surface area contributed by atoms with Crippen molar-refractivity contribution >= 4 is 27.7 Å². The zero-order chi connectivity index (χ0) is 13.1. The van der Waals surface area contributed by atoms with Crippen LogP contribution in [0.1, 0.15) is 21.5 Å². The molecule has 0 radical (unpaired) electrons. The van der Waals surface area contributed by atoms with Gasteiger partial charge in [0.15, 0.2) is 0 Å². The van der Waals surface area contributed by atoms with Crippen LogP contribution >= 0.6 is 15.9 Å². The van der Waals surface area contributed by atoms with Crippen molar-refractivity contribution < 1.29 is 4.79 Å². The van der Waals surface area contributed by atoms with Crippen molar-refractivity contribution in [1.82, 2.24) is 15.5 Å². The Morgan fingerprint density at radius 1 is 1.56 bits per heavy atom. The number of nitrogen functional groups attached to an aromatic ring is 1. The van der Waals surface area contributed by atoms with Gasteiger partial charge in [-0.15, -0.1) is 0 Å². The van der Waals surface area contributed by atoms with E-state index in [0.717, 1.165) is 15.6 Å². The number of nitrogens with one attached hydrogen (secondary N) is 2. The number of rotatable bonds is 3. The lowest BCUT2D eigenvalue weighted by molar-refractivity contribution is 0.0950. The number of hydrogen-bond donors (Lipinski definition) is 3. The molecule has 2 rings (SSSR count). The zero-order valence-corrected chi connectivity index (χ0v) is 11.4. The van der Waals surface area contributed by atoms with Gasteiger partial charge in [-0.2, -0.15) is 5.10 Å². The molecule has 4 N–H and O–H groups in total. The van der Waals surface area contributed by atoms with Crippen molar-refractivity contribution in [3.63, 3.8) is 0 Å². The van der Waals surface area contributed by atoms with E-state index in [4.69, 9.17) is 5.73 Å². The summed E-state index contributed by atoms with van der Waals surface area (Å²) in [5.74, 6) is 0.324. The summed E-state index contributed by atoms with van der Waals surface area (Å²) in [6.07, 6.45) is 1.60. The van der Waals surface area contributed by atoms with Crippen LogP contribution in [-0.4, -0.2) is 16.1 Å². The maximum atomic E-state index is 12.0. The number of aryl methyl sites for hydroxylation is 1. The number of carbonyl (C=O) groups excluding carboxylic acids is 1. The molecular formula is C12H13BrN4O. The van der Waals surface area contributed by atoms with Crippen LogP contribution < -0.4 is 11.1 Å². The first-order valence-corrected chi connectivity index (χ1v) is 6.20. The van der Waals surface area contributed by atoms with Gasteiger partial charge in [-0.25, -0.2) is 0 Å². The minimum atomic E-state index is -0.147. The molecule has 1 amide bonds. The van der Waals surface area contributed by atoms with E-state index in [1.807, 2.05) is 19.1 Å². The topological polar surface area (TPSA) is 83.8 Å². The maximum absolute atomic E-state index is 12.0. The molecule has 0 saturated carbocycles. The van der Waals surface area contributed by atoms with Gasteiger partial charge in [0.2, 0.25) is 0 Å². The number of H-pyrrole nitrogens is 1. The van der Waals surface area contributed by atoms with E-state index in [1.165, 1.54) is 0 Å². The Kier molecular flexibility index (Phi) is 3.66. The van der Waals surface area contributed by atoms with Crippen molar-refractivity contribution in [3.05, 3.63) is 45.6 Å². The molecule has 1 aromatic heterocycles. The first kappa shape index (κ1) is 12.6. The summed E-state index contributed by atoms with van der Waals surface area (Å²) >= 11 is 3.41. The second-order valence-corrected chi connectivity index (χ2v) is 4.72. The predicted octanol–water partition coefficient (Wildman–Crippen LogP) is 1.99. The summed E-state index contributed by atoms with van der Waals surface area (Å²) in [7, 11) is 0. The minimum Gasteiger partial charge on any atom is -0.384 e. The molecule has 94 valence electrons. The highest BCUT2D eigenvalue weighted by atomic mass is 79.9. The third-order valence-corrected chi connectivity index (χ3v) is 3.68. The van der Waals surface area contributed by atoms with Crippen molar-refractivity contribution in [2.24, 2.45) is 0 Å². The van der Waals surface area contributed by atoms with E-state index in [2.05, 4.69) is 31.4 Å². The smallest absolute Gasteiger partial charge is 0.252 e. The number of hydrogen-bond acceptors (Lipinski definition) is 3. The molecule has 0 spiro atoms. The van der Waals surface area contributed by atoms with E-state index in [9.17, 15) is 4.79 Å². The van der Waals surface area contributed by atoms with Gasteiger partial charge in [-0.05, 0) is 34.5 Å². The third-order valence-electron chi connectivity index (χ3n) is 2.63. The Morgan fingerprint density at radius 2 is 2.33 bits per heavy atom. The molecule has 0 fully saturated rings. The molecule has 1 aromatic carbocycles. The minimum absolute atomic E-state index is 0.147. The number of anilines is 1.